The van der Waals surface area contributed by atoms with Crippen molar-refractivity contribution in [3.8, 4) is 0 Å². The number of Topliss-reactive ketones (excluding diaryl/α,β-unsaturated/α-hetero) is 1. The zero-order chi connectivity index (χ0) is 31.2. The molecule has 0 amide bonds. The van der Waals surface area contributed by atoms with Crippen LogP contribution in [0.15, 0.2) is 12.1 Å². The lowest BCUT2D eigenvalue weighted by atomic mass is 9.49. The smallest absolute Gasteiger partial charge is 0.171 e. The van der Waals surface area contributed by atoms with Crippen LogP contribution in [-0.2, 0) is 27.1 Å². The number of ether oxygens (including phenoxy) is 3. The molecule has 4 fully saturated rings. The standard InChI is InChI=1S/C37H52N2O5/c1-33(2,42-18-40)27-13-10-21-24-11-8-19-16-22-28-23-17-37(38)32(34(3,4)44-35(37,5)6)31(41)20(23)9-12-25(28)39-30(22)29(19)36(24,7)15-14-26(21)43-27/h9,12,19,21,24,26-27,29,32,39-40H,8,10-11,13-18,38H2,1-7H3/t19?,21?,24?,26?,27-,29?,32?,36-,37-/m0/s1. The summed E-state index contributed by atoms with van der Waals surface area (Å²) in [5, 5.41) is 10.7. The number of aromatic nitrogens is 1. The quantitative estimate of drug-likeness (QED) is 0.361. The SMILES string of the molecule is CC1(C)OC(C)(C)[C@]2(N)Cc3c(ccc4[nH]c5c(c34)CC3CCC4C6CC[C@@H](C(C)(C)OCO)OC6CC[C@]4(C)C53)C(=O)C12. The average Bonchev–Trinajstić information content (AvgIpc) is 3.52. The zero-order valence-corrected chi connectivity index (χ0v) is 27.7. The summed E-state index contributed by atoms with van der Waals surface area (Å²) in [6, 6.07) is 4.21. The van der Waals surface area contributed by atoms with Crippen LogP contribution >= 0.6 is 0 Å². The van der Waals surface area contributed by atoms with E-state index >= 15 is 0 Å². The van der Waals surface area contributed by atoms with Gasteiger partial charge in [-0.1, -0.05) is 6.92 Å². The van der Waals surface area contributed by atoms with E-state index in [1.54, 1.807) is 0 Å². The van der Waals surface area contributed by atoms with Gasteiger partial charge in [0.2, 0.25) is 0 Å². The Morgan fingerprint density at radius 2 is 1.84 bits per heavy atom. The molecule has 6 unspecified atom stereocenters. The Hall–Kier alpha value is -1.77. The number of nitrogens with one attached hydrogen (secondary N) is 1. The molecule has 6 aliphatic rings. The second-order valence-corrected chi connectivity index (χ2v) is 17.2. The molecule has 2 saturated carbocycles. The third-order valence-corrected chi connectivity index (χ3v) is 14.0. The molecule has 8 rings (SSSR count). The number of fused-ring (bicyclic) bond motifs is 12. The van der Waals surface area contributed by atoms with Crippen LogP contribution in [0.1, 0.15) is 120 Å². The van der Waals surface area contributed by atoms with E-state index < -0.39 is 22.3 Å². The number of hydrogen-bond acceptors (Lipinski definition) is 6. The molecule has 240 valence electrons. The van der Waals surface area contributed by atoms with E-state index in [-0.39, 0.29) is 36.1 Å². The van der Waals surface area contributed by atoms with Gasteiger partial charge in [-0.2, -0.15) is 0 Å². The monoisotopic (exact) mass is 604 g/mol. The Morgan fingerprint density at radius 1 is 1.07 bits per heavy atom. The first-order valence-electron chi connectivity index (χ1n) is 17.2. The molecule has 0 radical (unpaired) electrons. The van der Waals surface area contributed by atoms with Crippen molar-refractivity contribution in [2.75, 3.05) is 6.79 Å². The summed E-state index contributed by atoms with van der Waals surface area (Å²) in [7, 11) is 0. The molecule has 0 spiro atoms. The zero-order valence-electron chi connectivity index (χ0n) is 27.7. The number of carbonyl (C=O) groups excluding carboxylic acids is 1. The highest BCUT2D eigenvalue weighted by Gasteiger charge is 2.67. The van der Waals surface area contributed by atoms with E-state index in [4.69, 9.17) is 19.9 Å². The minimum atomic E-state index is -0.754. The van der Waals surface area contributed by atoms with Crippen molar-refractivity contribution < 1.29 is 24.1 Å². The highest BCUT2D eigenvalue weighted by molar-refractivity contribution is 6.07. The van der Waals surface area contributed by atoms with Crippen LogP contribution in [0, 0.1) is 29.1 Å². The molecule has 1 aromatic carbocycles. The molecule has 2 saturated heterocycles. The molecule has 4 N–H and O–H groups in total. The Bertz CT molecular complexity index is 1540. The van der Waals surface area contributed by atoms with Gasteiger partial charge in [-0.15, -0.1) is 0 Å². The minimum absolute atomic E-state index is 0.0172. The molecule has 2 aromatic rings. The van der Waals surface area contributed by atoms with Crippen molar-refractivity contribution in [1.29, 1.82) is 0 Å². The molecule has 1 aromatic heterocycles. The summed E-state index contributed by atoms with van der Waals surface area (Å²) in [6.45, 7) is 14.6. The van der Waals surface area contributed by atoms with E-state index in [9.17, 15) is 9.90 Å². The Labute approximate surface area is 262 Å². The van der Waals surface area contributed by atoms with E-state index in [0.717, 1.165) is 48.7 Å². The average molecular weight is 605 g/mol. The molecule has 4 aliphatic carbocycles. The largest absolute Gasteiger partial charge is 0.372 e. The fourth-order valence-corrected chi connectivity index (χ4v) is 12.1. The second-order valence-electron chi connectivity index (χ2n) is 17.2. The maximum Gasteiger partial charge on any atom is 0.171 e. The Balaban J connectivity index is 1.16. The minimum Gasteiger partial charge on any atom is -0.372 e. The van der Waals surface area contributed by atoms with Crippen molar-refractivity contribution in [3.05, 3.63) is 34.5 Å². The number of nitrogens with two attached hydrogens (primary N) is 1. The number of aliphatic hydroxyl groups is 1. The van der Waals surface area contributed by atoms with Gasteiger partial charge in [0, 0.05) is 28.1 Å². The third-order valence-electron chi connectivity index (χ3n) is 14.0. The van der Waals surface area contributed by atoms with E-state index in [1.165, 1.54) is 29.5 Å². The van der Waals surface area contributed by atoms with Crippen LogP contribution in [0.3, 0.4) is 0 Å². The van der Waals surface area contributed by atoms with Gasteiger partial charge < -0.3 is 30.0 Å². The van der Waals surface area contributed by atoms with Crippen LogP contribution in [-0.4, -0.2) is 57.2 Å². The van der Waals surface area contributed by atoms with Crippen molar-refractivity contribution in [2.24, 2.45) is 34.8 Å². The van der Waals surface area contributed by atoms with E-state index in [2.05, 4.69) is 37.9 Å². The van der Waals surface area contributed by atoms with E-state index in [0.29, 0.717) is 30.1 Å². The number of aromatic amines is 1. The number of benzene rings is 1. The number of aliphatic hydroxyl groups excluding tert-OH is 1. The van der Waals surface area contributed by atoms with Gasteiger partial charge in [0.25, 0.3) is 0 Å². The number of hydrogen-bond donors (Lipinski definition) is 3. The van der Waals surface area contributed by atoms with Crippen LogP contribution in [0.25, 0.3) is 10.9 Å². The highest BCUT2D eigenvalue weighted by Crippen LogP contribution is 2.66. The van der Waals surface area contributed by atoms with Gasteiger partial charge in [0.1, 0.15) is 6.79 Å². The number of rotatable bonds is 3. The number of H-pyrrole nitrogens is 1. The maximum absolute atomic E-state index is 14.2. The van der Waals surface area contributed by atoms with Crippen molar-refractivity contribution >= 4 is 16.7 Å². The van der Waals surface area contributed by atoms with Gasteiger partial charge in [-0.3, -0.25) is 4.79 Å². The van der Waals surface area contributed by atoms with Gasteiger partial charge >= 0.3 is 0 Å². The van der Waals surface area contributed by atoms with E-state index in [1.807, 2.05) is 27.7 Å². The van der Waals surface area contributed by atoms with Crippen molar-refractivity contribution in [1.82, 2.24) is 4.98 Å². The molecule has 0 bridgehead atoms. The van der Waals surface area contributed by atoms with Gasteiger partial charge in [0.05, 0.1) is 40.5 Å². The fourth-order valence-electron chi connectivity index (χ4n) is 12.1. The van der Waals surface area contributed by atoms with Crippen LogP contribution in [0.5, 0.6) is 0 Å². The fraction of sp³-hybridized carbons (Fsp3) is 0.757. The molecule has 44 heavy (non-hydrogen) atoms. The molecule has 7 heteroatoms. The van der Waals surface area contributed by atoms with Crippen molar-refractivity contribution in [3.63, 3.8) is 0 Å². The first kappa shape index (κ1) is 29.6. The molecular formula is C37H52N2O5. The number of carbonyl (C=O) groups is 1. The van der Waals surface area contributed by atoms with Gasteiger partial charge in [-0.05, 0) is 139 Å². The first-order valence-corrected chi connectivity index (χ1v) is 17.2. The Morgan fingerprint density at radius 3 is 2.59 bits per heavy atom. The summed E-state index contributed by atoms with van der Waals surface area (Å²) >= 11 is 0. The first-order chi connectivity index (χ1) is 20.6. The lowest BCUT2D eigenvalue weighted by Gasteiger charge is -2.59. The van der Waals surface area contributed by atoms with Crippen molar-refractivity contribution in [2.45, 2.75) is 140 Å². The van der Waals surface area contributed by atoms with Crippen LogP contribution in [0.4, 0.5) is 0 Å². The summed E-state index contributed by atoms with van der Waals surface area (Å²) < 4.78 is 19.0. The maximum atomic E-state index is 14.2. The molecule has 7 nitrogen and oxygen atoms in total. The van der Waals surface area contributed by atoms with Crippen LogP contribution < -0.4 is 5.73 Å². The predicted octanol–water partition coefficient (Wildman–Crippen LogP) is 6.18. The van der Waals surface area contributed by atoms with Gasteiger partial charge in [0.15, 0.2) is 5.78 Å². The summed E-state index contributed by atoms with van der Waals surface area (Å²) in [6.07, 6.45) is 8.90. The second kappa shape index (κ2) is 9.19. The normalized spacial score (nSPS) is 41.8. The molecular weight excluding hydrogens is 552 g/mol. The molecule has 9 atom stereocenters. The molecule has 2 aliphatic heterocycles. The predicted molar refractivity (Wildman–Crippen MR) is 170 cm³/mol. The highest BCUT2D eigenvalue weighted by atomic mass is 16.6. The third kappa shape index (κ3) is 3.71. The number of ketones is 1. The van der Waals surface area contributed by atoms with Crippen LogP contribution in [0.2, 0.25) is 0 Å². The lowest BCUT2D eigenvalue weighted by molar-refractivity contribution is -0.227. The summed E-state index contributed by atoms with van der Waals surface area (Å²) in [5.41, 5.74) is 11.1. The lowest BCUT2D eigenvalue weighted by Crippen LogP contribution is -2.64. The summed E-state index contributed by atoms with van der Waals surface area (Å²) in [5.74, 6) is 2.10. The topological polar surface area (TPSA) is 107 Å². The Kier molecular flexibility index (Phi) is 6.18. The van der Waals surface area contributed by atoms with Gasteiger partial charge in [-0.25, -0.2) is 0 Å². The molecule has 3 heterocycles. The summed E-state index contributed by atoms with van der Waals surface area (Å²) in [4.78, 5) is 18.2.